The summed E-state index contributed by atoms with van der Waals surface area (Å²) in [6.07, 6.45) is 2.29. The van der Waals surface area contributed by atoms with E-state index < -0.39 is 10.0 Å². The molecule has 5 heteroatoms. The van der Waals surface area contributed by atoms with E-state index in [4.69, 9.17) is 0 Å². The smallest absolute Gasteiger partial charge is 0.243 e. The van der Waals surface area contributed by atoms with Gasteiger partial charge < -0.3 is 5.32 Å². The Morgan fingerprint density at radius 3 is 2.43 bits per heavy atom. The number of hydrogen-bond donors (Lipinski definition) is 1. The van der Waals surface area contributed by atoms with E-state index in [-0.39, 0.29) is 0 Å². The lowest BCUT2D eigenvalue weighted by Crippen LogP contribution is -2.41. The Morgan fingerprint density at radius 1 is 1.14 bits per heavy atom. The van der Waals surface area contributed by atoms with Crippen molar-refractivity contribution in [2.24, 2.45) is 5.92 Å². The summed E-state index contributed by atoms with van der Waals surface area (Å²) in [7, 11) is -3.32. The van der Waals surface area contributed by atoms with Crippen LogP contribution in [0.25, 0.3) is 0 Å². The third-order valence-electron chi connectivity index (χ3n) is 4.22. The third-order valence-corrected chi connectivity index (χ3v) is 6.07. The van der Waals surface area contributed by atoms with E-state index in [9.17, 15) is 8.42 Å². The molecule has 1 N–H and O–H groups in total. The summed E-state index contributed by atoms with van der Waals surface area (Å²) >= 11 is 0. The molecule has 21 heavy (non-hydrogen) atoms. The molecule has 0 radical (unpaired) electrons. The fourth-order valence-electron chi connectivity index (χ4n) is 3.06. The predicted octanol–water partition coefficient (Wildman–Crippen LogP) is 2.39. The van der Waals surface area contributed by atoms with Crippen LogP contribution in [0, 0.1) is 12.8 Å². The van der Waals surface area contributed by atoms with Gasteiger partial charge in [-0.3, -0.25) is 0 Å². The van der Waals surface area contributed by atoms with E-state index in [1.54, 1.807) is 16.4 Å². The molecule has 0 spiro atoms. The van der Waals surface area contributed by atoms with Crippen LogP contribution in [-0.2, 0) is 10.0 Å². The van der Waals surface area contributed by atoms with Crippen molar-refractivity contribution in [3.8, 4) is 0 Å². The highest BCUT2D eigenvalue weighted by atomic mass is 32.2. The topological polar surface area (TPSA) is 49.4 Å². The highest BCUT2D eigenvalue weighted by molar-refractivity contribution is 7.89. The van der Waals surface area contributed by atoms with Crippen LogP contribution in [0.3, 0.4) is 0 Å². The Hall–Kier alpha value is -0.910. The van der Waals surface area contributed by atoms with Gasteiger partial charge in [0.15, 0.2) is 0 Å². The molecular formula is C16H26N2O2S. The second kappa shape index (κ2) is 6.90. The van der Waals surface area contributed by atoms with Crippen LogP contribution in [0.5, 0.6) is 0 Å². The molecule has 0 amide bonds. The molecule has 0 saturated carbocycles. The number of piperidine rings is 1. The van der Waals surface area contributed by atoms with Gasteiger partial charge >= 0.3 is 0 Å². The van der Waals surface area contributed by atoms with Crippen LogP contribution in [0.1, 0.15) is 32.3 Å². The summed E-state index contributed by atoms with van der Waals surface area (Å²) < 4.78 is 26.8. The molecule has 2 saturated heterocycles. The van der Waals surface area contributed by atoms with E-state index in [0.717, 1.165) is 24.9 Å². The van der Waals surface area contributed by atoms with E-state index >= 15 is 0 Å². The van der Waals surface area contributed by atoms with Gasteiger partial charge in [0.05, 0.1) is 4.90 Å². The van der Waals surface area contributed by atoms with Gasteiger partial charge in [0.25, 0.3) is 0 Å². The fraction of sp³-hybridized carbons (Fsp3) is 0.625. The van der Waals surface area contributed by atoms with Crippen molar-refractivity contribution in [2.45, 2.75) is 44.6 Å². The maximum absolute atomic E-state index is 12.6. The Labute approximate surface area is 128 Å². The minimum absolute atomic E-state index is 0.342. The van der Waals surface area contributed by atoms with Crippen molar-refractivity contribution in [2.75, 3.05) is 19.6 Å². The number of hydrogen-bond acceptors (Lipinski definition) is 3. The Morgan fingerprint density at radius 2 is 1.81 bits per heavy atom. The first-order valence-corrected chi connectivity index (χ1v) is 9.31. The minimum atomic E-state index is -3.32. The molecule has 1 aromatic rings. The number of nitrogens with one attached hydrogen (secondary N) is 1. The summed E-state index contributed by atoms with van der Waals surface area (Å²) in [5.41, 5.74) is 1.08. The molecule has 2 aliphatic heterocycles. The van der Waals surface area contributed by atoms with Gasteiger partial charge in [0.1, 0.15) is 0 Å². The summed E-state index contributed by atoms with van der Waals surface area (Å²) in [4.78, 5) is 0.414. The first-order valence-electron chi connectivity index (χ1n) is 7.87. The average molecular weight is 310 g/mol. The maximum atomic E-state index is 12.6. The maximum Gasteiger partial charge on any atom is 0.243 e. The van der Waals surface area contributed by atoms with Crippen LogP contribution in [-0.4, -0.2) is 38.4 Å². The SMILES string of the molecule is CC.Cc1ccc(S(=O)(=O)N2C[C@H]3CCCN[C@H]3C2)cc1. The quantitative estimate of drug-likeness (QED) is 0.912. The van der Waals surface area contributed by atoms with Crippen molar-refractivity contribution in [3.05, 3.63) is 29.8 Å². The lowest BCUT2D eigenvalue weighted by atomic mass is 9.94. The minimum Gasteiger partial charge on any atom is -0.312 e. The predicted molar refractivity (Wildman–Crippen MR) is 85.8 cm³/mol. The molecule has 2 heterocycles. The zero-order valence-corrected chi connectivity index (χ0v) is 14.0. The standard InChI is InChI=1S/C14H20N2O2S.C2H6/c1-11-4-6-13(7-5-11)19(17,18)16-9-12-3-2-8-15-14(12)10-16;1-2/h4-7,12,14-15H,2-3,8-10H2,1H3;1-2H3/t12-,14+;/m1./s1. The van der Waals surface area contributed by atoms with Crippen molar-refractivity contribution in [3.63, 3.8) is 0 Å². The molecule has 2 atom stereocenters. The second-order valence-electron chi connectivity index (χ2n) is 5.60. The van der Waals surface area contributed by atoms with Crippen molar-refractivity contribution in [1.29, 1.82) is 0 Å². The zero-order valence-electron chi connectivity index (χ0n) is 13.2. The highest BCUT2D eigenvalue weighted by Crippen LogP contribution is 2.29. The largest absolute Gasteiger partial charge is 0.312 e. The van der Waals surface area contributed by atoms with Gasteiger partial charge in [-0.05, 0) is 44.4 Å². The third kappa shape index (κ3) is 3.47. The first-order chi connectivity index (χ1) is 10.1. The van der Waals surface area contributed by atoms with E-state index in [1.165, 1.54) is 0 Å². The van der Waals surface area contributed by atoms with Crippen molar-refractivity contribution < 1.29 is 8.42 Å². The normalized spacial score (nSPS) is 25.9. The fourth-order valence-corrected chi connectivity index (χ4v) is 4.59. The number of rotatable bonds is 2. The highest BCUT2D eigenvalue weighted by Gasteiger charge is 2.39. The van der Waals surface area contributed by atoms with Gasteiger partial charge in [-0.1, -0.05) is 31.5 Å². The van der Waals surface area contributed by atoms with E-state index in [1.807, 2.05) is 32.9 Å². The molecule has 1 aromatic carbocycles. The Kier molecular flexibility index (Phi) is 5.41. The molecular weight excluding hydrogens is 284 g/mol. The van der Waals surface area contributed by atoms with Gasteiger partial charge in [-0.25, -0.2) is 8.42 Å². The number of benzene rings is 1. The van der Waals surface area contributed by atoms with Gasteiger partial charge in [0.2, 0.25) is 10.0 Å². The summed E-state index contributed by atoms with van der Waals surface area (Å²) in [6.45, 7) is 8.25. The summed E-state index contributed by atoms with van der Waals surface area (Å²) in [5, 5.41) is 3.44. The lowest BCUT2D eigenvalue weighted by Gasteiger charge is -2.24. The molecule has 2 fully saturated rings. The van der Waals surface area contributed by atoms with Crippen molar-refractivity contribution in [1.82, 2.24) is 9.62 Å². The Balaban J connectivity index is 0.000000774. The Bertz CT molecular complexity index is 540. The zero-order chi connectivity index (χ0) is 15.5. The van der Waals surface area contributed by atoms with Crippen LogP contribution >= 0.6 is 0 Å². The first kappa shape index (κ1) is 16.5. The lowest BCUT2D eigenvalue weighted by molar-refractivity contribution is 0.339. The van der Waals surface area contributed by atoms with E-state index in [0.29, 0.717) is 29.9 Å². The van der Waals surface area contributed by atoms with Crippen LogP contribution in [0.2, 0.25) is 0 Å². The monoisotopic (exact) mass is 310 g/mol. The summed E-state index contributed by atoms with van der Waals surface area (Å²) in [5.74, 6) is 0.481. The molecule has 118 valence electrons. The van der Waals surface area contributed by atoms with Crippen LogP contribution in [0.4, 0.5) is 0 Å². The van der Waals surface area contributed by atoms with Crippen LogP contribution in [0.15, 0.2) is 29.2 Å². The molecule has 4 nitrogen and oxygen atoms in total. The van der Waals surface area contributed by atoms with Gasteiger partial charge in [0, 0.05) is 19.1 Å². The molecule has 0 unspecified atom stereocenters. The summed E-state index contributed by atoms with van der Waals surface area (Å²) in [6, 6.07) is 7.47. The molecule has 3 rings (SSSR count). The average Bonchev–Trinajstić information content (AvgIpc) is 2.94. The van der Waals surface area contributed by atoms with E-state index in [2.05, 4.69) is 5.32 Å². The number of sulfonamides is 1. The van der Waals surface area contributed by atoms with Gasteiger partial charge in [-0.2, -0.15) is 4.31 Å². The van der Waals surface area contributed by atoms with Crippen LogP contribution < -0.4 is 5.32 Å². The molecule has 2 aliphatic rings. The second-order valence-corrected chi connectivity index (χ2v) is 7.54. The molecule has 0 aromatic heterocycles. The van der Waals surface area contributed by atoms with Crippen molar-refractivity contribution >= 4 is 10.0 Å². The number of nitrogens with zero attached hydrogens (tertiary/aromatic N) is 1. The number of fused-ring (bicyclic) bond motifs is 1. The molecule has 0 aliphatic carbocycles. The number of aryl methyl sites for hydroxylation is 1. The molecule has 0 bridgehead atoms. The van der Waals surface area contributed by atoms with Gasteiger partial charge in [-0.15, -0.1) is 0 Å².